The lowest BCUT2D eigenvalue weighted by molar-refractivity contribution is -0.118. The van der Waals surface area contributed by atoms with Crippen LogP contribution >= 0.6 is 0 Å². The maximum atomic E-state index is 14.7. The summed E-state index contributed by atoms with van der Waals surface area (Å²) in [6, 6.07) is 19.3. The molecule has 8 aromatic heterocycles. The summed E-state index contributed by atoms with van der Waals surface area (Å²) in [5, 5.41) is 26.9. The Balaban J connectivity index is 0.000000138. The zero-order valence-electron chi connectivity index (χ0n) is 60.2. The maximum Gasteiger partial charge on any atom is 0.227 e. The van der Waals surface area contributed by atoms with Gasteiger partial charge in [0.25, 0.3) is 0 Å². The van der Waals surface area contributed by atoms with Gasteiger partial charge in [-0.25, -0.2) is 76.2 Å². The second-order valence-electron chi connectivity index (χ2n) is 25.6. The standard InChI is InChI=1S/C20H23FN6O2.C19H22FN5O2.C17H20FN5O.C16H18FN5O/c1-12(2)20(28)24-15-5-4-13(10-14(15)21)17-16-18(26(3)25-17)22-11-23-19(16)27-6-8-29-9-7-27;1-12(2)27-15-5-4-13(10-14(15)20)17-16-18(24(3)23-17)21-11-22-19(16)25-6-8-26-9-7-25;1-10(2)24-13-7-6-11(8-12(13)18)15-14-16(22(3)4)19-9-20-17(14)23(5)21-15;1-9(2)23-12-6-5-10(7-11(12)17)14-13-15(18-3)19-8-20-16(13)22(4)21-14/h4-5,10-12H,6-9H2,1-3H3,(H,24,28);4-5,10-12H,6-9H2,1-3H3;6-10H,1-5H3;5-9H,1-4H3,(H,18,19,20). The molecule has 0 atom stereocenters. The zero-order valence-corrected chi connectivity index (χ0v) is 60.2. The van der Waals surface area contributed by atoms with E-state index in [9.17, 15) is 22.4 Å². The van der Waals surface area contributed by atoms with Crippen molar-refractivity contribution < 1.29 is 46.0 Å². The molecular weight excluding hydrogens is 1330 g/mol. The number of anilines is 5. The predicted octanol–water partition coefficient (Wildman–Crippen LogP) is 11.4. The molecule has 0 saturated carbocycles. The molecule has 103 heavy (non-hydrogen) atoms. The number of benzene rings is 4. The number of halogens is 4. The minimum absolute atomic E-state index is 0.0877. The van der Waals surface area contributed by atoms with Gasteiger partial charge in [0.1, 0.15) is 77.2 Å². The van der Waals surface area contributed by atoms with Crippen LogP contribution in [0.1, 0.15) is 55.4 Å². The van der Waals surface area contributed by atoms with E-state index in [-0.39, 0.29) is 53.1 Å². The molecule has 2 saturated heterocycles. The molecule has 2 fully saturated rings. The highest BCUT2D eigenvalue weighted by Crippen LogP contribution is 2.39. The minimum atomic E-state index is -0.514. The van der Waals surface area contributed by atoms with Gasteiger partial charge in [0.05, 0.1) is 72.0 Å². The van der Waals surface area contributed by atoms with Crippen molar-refractivity contribution in [2.24, 2.45) is 34.1 Å². The molecule has 27 nitrogen and oxygen atoms in total. The fourth-order valence-electron chi connectivity index (χ4n) is 11.7. The highest BCUT2D eigenvalue weighted by atomic mass is 19.1. The lowest BCUT2D eigenvalue weighted by atomic mass is 10.1. The van der Waals surface area contributed by atoms with Gasteiger partial charge in [0.2, 0.25) is 5.91 Å². The first kappa shape index (κ1) is 73.0. The summed E-state index contributed by atoms with van der Waals surface area (Å²) in [4.78, 5) is 52.9. The van der Waals surface area contributed by atoms with E-state index < -0.39 is 23.3 Å². The Hall–Kier alpha value is -11.2. The molecule has 0 aliphatic carbocycles. The van der Waals surface area contributed by atoms with E-state index in [0.29, 0.717) is 99.9 Å². The fraction of sp³-hybridized carbons (Fsp3) is 0.375. The van der Waals surface area contributed by atoms with E-state index in [1.165, 1.54) is 43.2 Å². The number of aryl methyl sites for hydroxylation is 4. The molecule has 0 unspecified atom stereocenters. The van der Waals surface area contributed by atoms with Gasteiger partial charge in [-0.1, -0.05) is 19.9 Å². The van der Waals surface area contributed by atoms with Crippen molar-refractivity contribution in [1.82, 2.24) is 79.0 Å². The number of carbonyl (C=O) groups is 1. The second kappa shape index (κ2) is 31.8. The largest absolute Gasteiger partial charge is 0.488 e. The molecular formula is C72H83F4N21O6. The first-order valence-electron chi connectivity index (χ1n) is 33.6. The molecule has 540 valence electrons. The highest BCUT2D eigenvalue weighted by molar-refractivity contribution is 6.02. The highest BCUT2D eigenvalue weighted by Gasteiger charge is 2.27. The van der Waals surface area contributed by atoms with E-state index >= 15 is 0 Å². The van der Waals surface area contributed by atoms with Crippen molar-refractivity contribution in [1.29, 1.82) is 0 Å². The summed E-state index contributed by atoms with van der Waals surface area (Å²) in [6.07, 6.45) is 5.76. The van der Waals surface area contributed by atoms with Crippen LogP contribution in [0.3, 0.4) is 0 Å². The van der Waals surface area contributed by atoms with Crippen molar-refractivity contribution >= 4 is 79.0 Å². The number of hydrogen-bond donors (Lipinski definition) is 2. The third-order valence-corrected chi connectivity index (χ3v) is 16.4. The van der Waals surface area contributed by atoms with E-state index in [4.69, 9.17) is 23.7 Å². The Labute approximate surface area is 592 Å². The Kier molecular flexibility index (Phi) is 22.5. The predicted molar refractivity (Wildman–Crippen MR) is 387 cm³/mol. The van der Waals surface area contributed by atoms with Crippen molar-refractivity contribution in [2.45, 2.75) is 73.7 Å². The van der Waals surface area contributed by atoms with E-state index in [1.807, 2.05) is 80.7 Å². The van der Waals surface area contributed by atoms with E-state index in [0.717, 1.165) is 65.2 Å². The first-order chi connectivity index (χ1) is 49.4. The Morgan fingerprint density at radius 3 is 1.16 bits per heavy atom. The van der Waals surface area contributed by atoms with Crippen LogP contribution in [0.4, 0.5) is 46.5 Å². The molecule has 0 bridgehead atoms. The van der Waals surface area contributed by atoms with Crippen LogP contribution in [0, 0.1) is 29.2 Å². The number of aromatic nitrogens is 16. The molecule has 2 aliphatic heterocycles. The summed E-state index contributed by atoms with van der Waals surface area (Å²) in [5.41, 5.74) is 8.02. The summed E-state index contributed by atoms with van der Waals surface area (Å²) >= 11 is 0. The number of hydrogen-bond acceptors (Lipinski definition) is 22. The van der Waals surface area contributed by atoms with Crippen molar-refractivity contribution in [3.63, 3.8) is 0 Å². The van der Waals surface area contributed by atoms with Gasteiger partial charge in [-0.3, -0.25) is 4.79 Å². The number of nitrogens with zero attached hydrogens (tertiary/aromatic N) is 19. The molecule has 0 spiro atoms. The number of carbonyl (C=O) groups excluding carboxylic acids is 1. The lowest BCUT2D eigenvalue weighted by Gasteiger charge is -2.28. The SMILES string of the molecule is CC(C)C(=O)Nc1ccc(-c2nn(C)c3ncnc(N4CCOCC4)c23)cc1F.CC(C)Oc1ccc(-c2nn(C)c3ncnc(N(C)C)c23)cc1F.CC(C)Oc1ccc(-c2nn(C)c3ncnc(N4CCOCC4)c23)cc1F.CNc1ncnc2c1c(-c1ccc(OC(C)C)c(F)c1)nn2C. The normalized spacial score (nSPS) is 13.2. The van der Waals surface area contributed by atoms with Gasteiger partial charge in [0, 0.05) is 104 Å². The van der Waals surface area contributed by atoms with Crippen molar-refractivity contribution in [3.05, 3.63) is 121 Å². The van der Waals surface area contributed by atoms with Crippen LogP contribution < -0.4 is 39.5 Å². The number of rotatable bonds is 16. The molecule has 2 aliphatic rings. The van der Waals surface area contributed by atoms with E-state index in [2.05, 4.69) is 80.7 Å². The molecule has 10 heterocycles. The molecule has 14 rings (SSSR count). The molecule has 1 amide bonds. The molecule has 31 heteroatoms. The molecule has 2 N–H and O–H groups in total. The topological polar surface area (TPSA) is 271 Å². The molecule has 0 radical (unpaired) electrons. The van der Waals surface area contributed by atoms with Crippen LogP contribution in [-0.2, 0) is 42.5 Å². The van der Waals surface area contributed by atoms with Crippen molar-refractivity contribution in [3.8, 4) is 62.3 Å². The van der Waals surface area contributed by atoms with Gasteiger partial charge in [-0.15, -0.1) is 0 Å². The average molecular weight is 1410 g/mol. The van der Waals surface area contributed by atoms with Crippen LogP contribution in [0.5, 0.6) is 17.2 Å². The summed E-state index contributed by atoms with van der Waals surface area (Å²) in [7, 11) is 12.8. The fourth-order valence-corrected chi connectivity index (χ4v) is 11.7. The molecule has 12 aromatic rings. The number of fused-ring (bicyclic) bond motifs is 4. The average Bonchev–Trinajstić information content (AvgIpc) is 1.65. The number of amides is 1. The van der Waals surface area contributed by atoms with Crippen LogP contribution in [0.15, 0.2) is 98.1 Å². The Morgan fingerprint density at radius 1 is 0.456 bits per heavy atom. The monoisotopic (exact) mass is 1410 g/mol. The quantitative estimate of drug-likeness (QED) is 0.0851. The van der Waals surface area contributed by atoms with Crippen molar-refractivity contribution in [2.75, 3.05) is 99.1 Å². The van der Waals surface area contributed by atoms with Crippen LogP contribution in [0.25, 0.3) is 89.2 Å². The third-order valence-electron chi connectivity index (χ3n) is 16.4. The van der Waals surface area contributed by atoms with Gasteiger partial charge in [0.15, 0.2) is 57.3 Å². The number of nitrogens with one attached hydrogen (secondary N) is 2. The molecule has 4 aromatic carbocycles. The third kappa shape index (κ3) is 16.1. The minimum Gasteiger partial charge on any atom is -0.488 e. The van der Waals surface area contributed by atoms with Gasteiger partial charge in [-0.2, -0.15) is 20.4 Å². The van der Waals surface area contributed by atoms with Crippen LogP contribution in [-0.4, -0.2) is 177 Å². The summed E-state index contributed by atoms with van der Waals surface area (Å²) < 4.78 is 91.9. The summed E-state index contributed by atoms with van der Waals surface area (Å²) in [6.45, 7) is 20.2. The maximum absolute atomic E-state index is 14.7. The van der Waals surface area contributed by atoms with Gasteiger partial charge < -0.3 is 49.0 Å². The zero-order chi connectivity index (χ0) is 73.5. The summed E-state index contributed by atoms with van der Waals surface area (Å²) in [5.74, 6) is 1.43. The Bertz CT molecular complexity index is 5010. The number of ether oxygens (including phenoxy) is 5. The van der Waals surface area contributed by atoms with Gasteiger partial charge in [-0.05, 0) is 108 Å². The smallest absolute Gasteiger partial charge is 0.227 e. The van der Waals surface area contributed by atoms with E-state index in [1.54, 1.807) is 103 Å². The Morgan fingerprint density at radius 2 is 0.796 bits per heavy atom. The van der Waals surface area contributed by atoms with Gasteiger partial charge >= 0.3 is 0 Å². The lowest BCUT2D eigenvalue weighted by Crippen LogP contribution is -2.36. The first-order valence-corrected chi connectivity index (χ1v) is 33.6. The second-order valence-corrected chi connectivity index (χ2v) is 25.6. The number of morpholine rings is 2. The van der Waals surface area contributed by atoms with Crippen LogP contribution in [0.2, 0.25) is 0 Å².